The average molecular weight is 436 g/mol. The first-order valence-electron chi connectivity index (χ1n) is 8.75. The van der Waals surface area contributed by atoms with Gasteiger partial charge in [-0.25, -0.2) is 4.63 Å². The van der Waals surface area contributed by atoms with Gasteiger partial charge in [0.25, 0.3) is 5.91 Å². The number of anilines is 1. The molecule has 3 rings (SSSR count). The van der Waals surface area contributed by atoms with E-state index < -0.39 is 5.91 Å². The Morgan fingerprint density at radius 3 is 2.48 bits per heavy atom. The highest BCUT2D eigenvalue weighted by molar-refractivity contribution is 6.42. The van der Waals surface area contributed by atoms with Crippen LogP contribution in [0.1, 0.15) is 21.6 Å². The van der Waals surface area contributed by atoms with Crippen LogP contribution < -0.4 is 21.1 Å². The van der Waals surface area contributed by atoms with Gasteiger partial charge in [0.05, 0.1) is 10.0 Å². The van der Waals surface area contributed by atoms with Crippen LogP contribution in [0.4, 0.5) is 5.82 Å². The van der Waals surface area contributed by atoms with Gasteiger partial charge in [-0.15, -0.1) is 0 Å². The predicted molar refractivity (Wildman–Crippen MR) is 110 cm³/mol. The summed E-state index contributed by atoms with van der Waals surface area (Å²) < 4.78 is 10.1. The number of nitrogens with two attached hydrogens (primary N) is 1. The lowest BCUT2D eigenvalue weighted by molar-refractivity contribution is 0.0944. The maximum atomic E-state index is 11.8. The van der Waals surface area contributed by atoms with Gasteiger partial charge in [0.15, 0.2) is 0 Å². The topological polar surface area (TPSA) is 115 Å². The van der Waals surface area contributed by atoms with Gasteiger partial charge in [-0.3, -0.25) is 4.79 Å². The van der Waals surface area contributed by atoms with Gasteiger partial charge in [-0.1, -0.05) is 41.4 Å². The molecule has 1 amide bonds. The molecule has 2 aromatic carbocycles. The van der Waals surface area contributed by atoms with E-state index in [1.54, 1.807) is 12.1 Å². The number of nitrogens with one attached hydrogen (secondary N) is 2. The number of rotatable bonds is 9. The Morgan fingerprint density at radius 2 is 1.79 bits per heavy atom. The number of nitrogens with zero attached hydrogens (tertiary/aromatic N) is 2. The SMILES string of the molecule is Nc1nonc1C(=O)NCCNCc1ccc(OCc2ccc(Cl)c(Cl)c2)cc1. The molecule has 10 heteroatoms. The summed E-state index contributed by atoms with van der Waals surface area (Å²) >= 11 is 11.9. The Morgan fingerprint density at radius 1 is 1.03 bits per heavy atom. The first-order chi connectivity index (χ1) is 14.0. The molecule has 0 aliphatic rings. The van der Waals surface area contributed by atoms with E-state index in [-0.39, 0.29) is 11.5 Å². The molecule has 8 nitrogen and oxygen atoms in total. The van der Waals surface area contributed by atoms with E-state index in [0.29, 0.717) is 36.3 Å². The number of carbonyl (C=O) groups excluding carboxylic acids is 1. The van der Waals surface area contributed by atoms with Crippen LogP contribution in [0.15, 0.2) is 47.1 Å². The molecule has 0 spiro atoms. The normalized spacial score (nSPS) is 10.7. The number of ether oxygens (including phenoxy) is 1. The summed E-state index contributed by atoms with van der Waals surface area (Å²) in [5.41, 5.74) is 7.48. The lowest BCUT2D eigenvalue weighted by Crippen LogP contribution is -2.32. The van der Waals surface area contributed by atoms with E-state index in [0.717, 1.165) is 16.9 Å². The number of nitrogen functional groups attached to an aromatic ring is 1. The second-order valence-electron chi connectivity index (χ2n) is 6.11. The molecule has 152 valence electrons. The van der Waals surface area contributed by atoms with Gasteiger partial charge in [0.2, 0.25) is 11.5 Å². The lowest BCUT2D eigenvalue weighted by Gasteiger charge is -2.09. The highest BCUT2D eigenvalue weighted by Crippen LogP contribution is 2.23. The molecule has 0 aliphatic heterocycles. The molecule has 29 heavy (non-hydrogen) atoms. The molecule has 0 saturated carbocycles. The molecule has 0 atom stereocenters. The minimum Gasteiger partial charge on any atom is -0.489 e. The Hall–Kier alpha value is -2.81. The van der Waals surface area contributed by atoms with E-state index in [1.165, 1.54) is 0 Å². The highest BCUT2D eigenvalue weighted by atomic mass is 35.5. The second-order valence-corrected chi connectivity index (χ2v) is 6.93. The number of hydrogen-bond acceptors (Lipinski definition) is 7. The zero-order valence-corrected chi connectivity index (χ0v) is 16.8. The van der Waals surface area contributed by atoms with Crippen LogP contribution in [0, 0.1) is 0 Å². The third-order valence-corrected chi connectivity index (χ3v) is 4.70. The molecule has 0 radical (unpaired) electrons. The third kappa shape index (κ3) is 6.08. The number of hydrogen-bond donors (Lipinski definition) is 3. The van der Waals surface area contributed by atoms with Crippen LogP contribution in [0.3, 0.4) is 0 Å². The minimum absolute atomic E-state index is 0.0125. The molecular formula is C19H19Cl2N5O3. The molecule has 0 saturated heterocycles. The van der Waals surface area contributed by atoms with Crippen molar-refractivity contribution in [1.29, 1.82) is 0 Å². The summed E-state index contributed by atoms with van der Waals surface area (Å²) in [4.78, 5) is 11.8. The maximum Gasteiger partial charge on any atom is 0.277 e. The molecule has 0 bridgehead atoms. The smallest absolute Gasteiger partial charge is 0.277 e. The van der Waals surface area contributed by atoms with Crippen molar-refractivity contribution in [3.05, 3.63) is 69.3 Å². The summed E-state index contributed by atoms with van der Waals surface area (Å²) in [6, 6.07) is 13.1. The number of carbonyl (C=O) groups is 1. The average Bonchev–Trinajstić information content (AvgIpc) is 3.15. The molecule has 1 heterocycles. The number of halogens is 2. The summed E-state index contributed by atoms with van der Waals surface area (Å²) in [6.07, 6.45) is 0. The predicted octanol–water partition coefficient (Wildman–Crippen LogP) is 3.06. The number of aromatic nitrogens is 2. The van der Waals surface area contributed by atoms with Gasteiger partial charge in [0, 0.05) is 19.6 Å². The van der Waals surface area contributed by atoms with Gasteiger partial charge < -0.3 is 21.1 Å². The van der Waals surface area contributed by atoms with Crippen molar-refractivity contribution in [2.45, 2.75) is 13.2 Å². The Bertz CT molecular complexity index is 963. The first-order valence-corrected chi connectivity index (χ1v) is 9.51. The fraction of sp³-hybridized carbons (Fsp3) is 0.211. The third-order valence-electron chi connectivity index (χ3n) is 3.96. The molecule has 0 aliphatic carbocycles. The fourth-order valence-electron chi connectivity index (χ4n) is 2.43. The molecule has 0 fully saturated rings. The van der Waals surface area contributed by atoms with Crippen molar-refractivity contribution >= 4 is 34.9 Å². The van der Waals surface area contributed by atoms with Crippen LogP contribution in [0.25, 0.3) is 0 Å². The van der Waals surface area contributed by atoms with Crippen molar-refractivity contribution in [2.75, 3.05) is 18.8 Å². The van der Waals surface area contributed by atoms with E-state index in [1.807, 2.05) is 30.3 Å². The van der Waals surface area contributed by atoms with Crippen LogP contribution >= 0.6 is 23.2 Å². The van der Waals surface area contributed by atoms with Crippen molar-refractivity contribution in [3.63, 3.8) is 0 Å². The van der Waals surface area contributed by atoms with E-state index in [4.69, 9.17) is 33.7 Å². The van der Waals surface area contributed by atoms with E-state index in [9.17, 15) is 4.79 Å². The number of amides is 1. The molecule has 0 unspecified atom stereocenters. The molecule has 4 N–H and O–H groups in total. The monoisotopic (exact) mass is 435 g/mol. The standard InChI is InChI=1S/C19H19Cl2N5O3/c20-15-6-3-13(9-16(15)21)11-28-14-4-1-12(2-5-14)10-23-7-8-24-19(27)17-18(22)26-29-25-17/h1-6,9,23H,7-8,10-11H2,(H2,22,26)(H,24,27). The summed E-state index contributed by atoms with van der Waals surface area (Å²) in [7, 11) is 0. The summed E-state index contributed by atoms with van der Waals surface area (Å²) in [6.45, 7) is 2.04. The number of benzene rings is 2. The quantitative estimate of drug-likeness (QED) is 0.442. The van der Waals surface area contributed by atoms with Crippen molar-refractivity contribution in [1.82, 2.24) is 20.9 Å². The fourth-order valence-corrected chi connectivity index (χ4v) is 2.75. The van der Waals surface area contributed by atoms with Crippen molar-refractivity contribution < 1.29 is 14.2 Å². The Labute approximate surface area is 177 Å². The second kappa shape index (κ2) is 10.1. The summed E-state index contributed by atoms with van der Waals surface area (Å²) in [5, 5.41) is 13.7. The molecule has 1 aromatic heterocycles. The zero-order valence-electron chi connectivity index (χ0n) is 15.3. The maximum absolute atomic E-state index is 11.8. The highest BCUT2D eigenvalue weighted by Gasteiger charge is 2.14. The van der Waals surface area contributed by atoms with Crippen molar-refractivity contribution in [3.8, 4) is 5.75 Å². The molecule has 3 aromatic rings. The van der Waals surface area contributed by atoms with Crippen LogP contribution in [-0.2, 0) is 13.2 Å². The van der Waals surface area contributed by atoms with E-state index in [2.05, 4.69) is 25.6 Å². The van der Waals surface area contributed by atoms with E-state index >= 15 is 0 Å². The first kappa shape index (κ1) is 20.9. The van der Waals surface area contributed by atoms with Crippen molar-refractivity contribution in [2.24, 2.45) is 0 Å². The Balaban J connectivity index is 1.36. The zero-order chi connectivity index (χ0) is 20.6. The summed E-state index contributed by atoms with van der Waals surface area (Å²) in [5.74, 6) is 0.303. The van der Waals surface area contributed by atoms with Crippen LogP contribution in [-0.4, -0.2) is 29.3 Å². The Kier molecular flexibility index (Phi) is 7.29. The molecular weight excluding hydrogens is 417 g/mol. The van der Waals surface area contributed by atoms with Gasteiger partial charge in [-0.2, -0.15) is 0 Å². The van der Waals surface area contributed by atoms with Crippen LogP contribution in [0.5, 0.6) is 5.75 Å². The largest absolute Gasteiger partial charge is 0.489 e. The van der Waals surface area contributed by atoms with Gasteiger partial charge in [0.1, 0.15) is 12.4 Å². The van der Waals surface area contributed by atoms with Gasteiger partial charge >= 0.3 is 0 Å². The van der Waals surface area contributed by atoms with Crippen LogP contribution in [0.2, 0.25) is 10.0 Å². The minimum atomic E-state index is -0.422. The lowest BCUT2D eigenvalue weighted by atomic mass is 10.2. The van der Waals surface area contributed by atoms with Gasteiger partial charge in [-0.05, 0) is 45.7 Å².